The van der Waals surface area contributed by atoms with Crippen LogP contribution in [-0.4, -0.2) is 34.2 Å². The average Bonchev–Trinajstić information content (AvgIpc) is 2.56. The van der Waals surface area contributed by atoms with Crippen molar-refractivity contribution in [2.24, 2.45) is 5.92 Å². The van der Waals surface area contributed by atoms with Crippen molar-refractivity contribution in [1.82, 2.24) is 4.90 Å². The van der Waals surface area contributed by atoms with Gasteiger partial charge in [0.15, 0.2) is 0 Å². The zero-order valence-electron chi connectivity index (χ0n) is 8.42. The fraction of sp³-hybridized carbons (Fsp3) is 1.00. The van der Waals surface area contributed by atoms with Crippen LogP contribution in [0.2, 0.25) is 0 Å². The van der Waals surface area contributed by atoms with Crippen LogP contribution in [0.5, 0.6) is 0 Å². The van der Waals surface area contributed by atoms with E-state index in [-0.39, 0.29) is 11.1 Å². The van der Waals surface area contributed by atoms with Crippen molar-refractivity contribution in [3.63, 3.8) is 0 Å². The Bertz CT molecular complexity index is 236. The minimum absolute atomic E-state index is 0.215. The maximum Gasteiger partial charge on any atom is 0.0832 e. The van der Waals surface area contributed by atoms with E-state index in [1.165, 1.54) is 32.4 Å². The minimum atomic E-state index is -0.283. The first-order valence-corrected chi connectivity index (χ1v) is 5.64. The highest BCUT2D eigenvalue weighted by molar-refractivity contribution is 5.19. The van der Waals surface area contributed by atoms with E-state index in [9.17, 15) is 5.11 Å². The third-order valence-corrected chi connectivity index (χ3v) is 4.43. The summed E-state index contributed by atoms with van der Waals surface area (Å²) in [6.07, 6.45) is 5.89. The van der Waals surface area contributed by atoms with Gasteiger partial charge in [0.2, 0.25) is 0 Å². The van der Waals surface area contributed by atoms with E-state index in [1.807, 2.05) is 0 Å². The molecule has 0 amide bonds. The van der Waals surface area contributed by atoms with Gasteiger partial charge in [-0.2, -0.15) is 0 Å². The summed E-state index contributed by atoms with van der Waals surface area (Å²) in [5.41, 5.74) is -0.0688. The summed E-state index contributed by atoms with van der Waals surface area (Å²) in [5.74, 6) is 0.796. The summed E-state index contributed by atoms with van der Waals surface area (Å²) in [7, 11) is 0. The molecule has 3 aliphatic rings. The second kappa shape index (κ2) is 2.29. The number of nitrogens with zero attached hydrogens (tertiary/aromatic N) is 1. The Balaban J connectivity index is 1.94. The maximum absolute atomic E-state index is 10.4. The van der Waals surface area contributed by atoms with E-state index in [1.54, 1.807) is 0 Å². The molecule has 2 nitrogen and oxygen atoms in total. The third kappa shape index (κ3) is 0.909. The molecule has 0 aromatic rings. The van der Waals surface area contributed by atoms with Crippen LogP contribution in [-0.2, 0) is 0 Å². The quantitative estimate of drug-likeness (QED) is 0.660. The molecular weight excluding hydrogens is 162 g/mol. The SMILES string of the molecule is CC1CN2CCCC2(C2(O)CC2)C1. The molecule has 2 aliphatic heterocycles. The smallest absolute Gasteiger partial charge is 0.0832 e. The van der Waals surface area contributed by atoms with Gasteiger partial charge in [-0.15, -0.1) is 0 Å². The summed E-state index contributed by atoms with van der Waals surface area (Å²) in [6, 6.07) is 0. The minimum Gasteiger partial charge on any atom is -0.388 e. The fourth-order valence-electron chi connectivity index (χ4n) is 3.75. The van der Waals surface area contributed by atoms with Gasteiger partial charge in [0.25, 0.3) is 0 Å². The Kier molecular flexibility index (Phi) is 1.45. The predicted molar refractivity (Wildman–Crippen MR) is 51.5 cm³/mol. The van der Waals surface area contributed by atoms with Crippen LogP contribution in [0.25, 0.3) is 0 Å². The van der Waals surface area contributed by atoms with Crippen LogP contribution in [0.15, 0.2) is 0 Å². The topological polar surface area (TPSA) is 23.5 Å². The molecule has 0 bridgehead atoms. The zero-order valence-corrected chi connectivity index (χ0v) is 8.42. The average molecular weight is 181 g/mol. The highest BCUT2D eigenvalue weighted by Gasteiger charge is 2.64. The Morgan fingerprint density at radius 1 is 1.31 bits per heavy atom. The normalized spacial score (nSPS) is 48.0. The summed E-state index contributed by atoms with van der Waals surface area (Å²) in [5, 5.41) is 10.4. The summed E-state index contributed by atoms with van der Waals surface area (Å²) in [6.45, 7) is 4.78. The molecule has 74 valence electrons. The second-order valence-corrected chi connectivity index (χ2v) is 5.42. The van der Waals surface area contributed by atoms with Crippen molar-refractivity contribution in [1.29, 1.82) is 0 Å². The van der Waals surface area contributed by atoms with Gasteiger partial charge in [0.05, 0.1) is 5.60 Å². The molecule has 2 heterocycles. The molecular formula is C11H19NO. The third-order valence-electron chi connectivity index (χ3n) is 4.43. The lowest BCUT2D eigenvalue weighted by Crippen LogP contribution is -2.50. The van der Waals surface area contributed by atoms with Gasteiger partial charge in [-0.3, -0.25) is 4.90 Å². The molecule has 1 aliphatic carbocycles. The van der Waals surface area contributed by atoms with Crippen LogP contribution in [0.4, 0.5) is 0 Å². The molecule has 3 fully saturated rings. The van der Waals surface area contributed by atoms with Crippen molar-refractivity contribution in [3.8, 4) is 0 Å². The first-order valence-electron chi connectivity index (χ1n) is 5.64. The number of rotatable bonds is 1. The van der Waals surface area contributed by atoms with Crippen LogP contribution in [0.3, 0.4) is 0 Å². The Hall–Kier alpha value is -0.0800. The van der Waals surface area contributed by atoms with Crippen LogP contribution < -0.4 is 0 Å². The van der Waals surface area contributed by atoms with E-state index in [0.29, 0.717) is 0 Å². The second-order valence-electron chi connectivity index (χ2n) is 5.42. The number of hydrogen-bond acceptors (Lipinski definition) is 2. The van der Waals surface area contributed by atoms with Crippen LogP contribution in [0, 0.1) is 5.92 Å². The van der Waals surface area contributed by atoms with E-state index >= 15 is 0 Å². The number of fused-ring (bicyclic) bond motifs is 1. The maximum atomic E-state index is 10.4. The first-order chi connectivity index (χ1) is 6.16. The van der Waals surface area contributed by atoms with Crippen molar-refractivity contribution in [2.75, 3.05) is 13.1 Å². The van der Waals surface area contributed by atoms with Crippen molar-refractivity contribution in [2.45, 2.75) is 50.2 Å². The fourth-order valence-corrected chi connectivity index (χ4v) is 3.75. The Morgan fingerprint density at radius 3 is 2.77 bits per heavy atom. The van der Waals surface area contributed by atoms with Crippen LogP contribution in [0.1, 0.15) is 39.0 Å². The summed E-state index contributed by atoms with van der Waals surface area (Å²) < 4.78 is 0. The molecule has 0 aromatic carbocycles. The molecule has 2 saturated heterocycles. The molecule has 0 aromatic heterocycles. The zero-order chi connectivity index (χ0) is 9.10. The van der Waals surface area contributed by atoms with Gasteiger partial charge in [-0.25, -0.2) is 0 Å². The van der Waals surface area contributed by atoms with Crippen molar-refractivity contribution < 1.29 is 5.11 Å². The molecule has 1 N–H and O–H groups in total. The monoisotopic (exact) mass is 181 g/mol. The van der Waals surface area contributed by atoms with E-state index < -0.39 is 0 Å². The molecule has 1 saturated carbocycles. The first kappa shape index (κ1) is 8.25. The van der Waals surface area contributed by atoms with E-state index in [4.69, 9.17) is 0 Å². The standard InChI is InChI=1S/C11H19NO/c1-9-7-10(11(13)4-5-11)3-2-6-12(10)8-9/h9,13H,2-8H2,1H3. The Morgan fingerprint density at radius 2 is 2.08 bits per heavy atom. The molecule has 2 heteroatoms. The lowest BCUT2D eigenvalue weighted by Gasteiger charge is -2.37. The van der Waals surface area contributed by atoms with Gasteiger partial charge < -0.3 is 5.11 Å². The highest BCUT2D eigenvalue weighted by atomic mass is 16.3. The van der Waals surface area contributed by atoms with E-state index in [0.717, 1.165) is 18.8 Å². The van der Waals surface area contributed by atoms with Crippen molar-refractivity contribution in [3.05, 3.63) is 0 Å². The summed E-state index contributed by atoms with van der Waals surface area (Å²) in [4.78, 5) is 2.57. The number of hydrogen-bond donors (Lipinski definition) is 1. The van der Waals surface area contributed by atoms with Gasteiger partial charge in [0, 0.05) is 12.1 Å². The van der Waals surface area contributed by atoms with Gasteiger partial charge in [-0.1, -0.05) is 6.92 Å². The Labute approximate surface area is 79.9 Å². The lowest BCUT2D eigenvalue weighted by atomic mass is 9.83. The molecule has 2 atom stereocenters. The predicted octanol–water partition coefficient (Wildman–Crippen LogP) is 1.39. The lowest BCUT2D eigenvalue weighted by molar-refractivity contribution is -0.00519. The molecule has 13 heavy (non-hydrogen) atoms. The molecule has 0 spiro atoms. The summed E-state index contributed by atoms with van der Waals surface area (Å²) >= 11 is 0. The van der Waals surface area contributed by atoms with Crippen LogP contribution >= 0.6 is 0 Å². The van der Waals surface area contributed by atoms with Gasteiger partial charge in [0.1, 0.15) is 0 Å². The number of aliphatic hydroxyl groups is 1. The highest BCUT2D eigenvalue weighted by Crippen LogP contribution is 2.57. The van der Waals surface area contributed by atoms with Gasteiger partial charge in [-0.05, 0) is 44.6 Å². The molecule has 3 rings (SSSR count). The molecule has 0 radical (unpaired) electrons. The largest absolute Gasteiger partial charge is 0.388 e. The van der Waals surface area contributed by atoms with E-state index in [2.05, 4.69) is 11.8 Å². The van der Waals surface area contributed by atoms with Crippen molar-refractivity contribution >= 4 is 0 Å². The molecule has 2 unspecified atom stereocenters. The van der Waals surface area contributed by atoms with Gasteiger partial charge >= 0.3 is 0 Å².